The van der Waals surface area contributed by atoms with Crippen molar-refractivity contribution in [3.8, 4) is 5.75 Å². The van der Waals surface area contributed by atoms with Crippen molar-refractivity contribution < 1.29 is 9.53 Å². The van der Waals surface area contributed by atoms with Crippen LogP contribution in [0.1, 0.15) is 44.6 Å². The van der Waals surface area contributed by atoms with Crippen molar-refractivity contribution >= 4 is 5.91 Å². The van der Waals surface area contributed by atoms with Crippen LogP contribution >= 0.6 is 0 Å². The Bertz CT molecular complexity index is 552. The number of ether oxygens (including phenoxy) is 1. The van der Waals surface area contributed by atoms with E-state index in [1.807, 2.05) is 23.1 Å². The van der Waals surface area contributed by atoms with E-state index in [4.69, 9.17) is 4.74 Å². The zero-order chi connectivity index (χ0) is 16.9. The summed E-state index contributed by atoms with van der Waals surface area (Å²) in [6, 6.07) is 8.62. The van der Waals surface area contributed by atoms with Crippen molar-refractivity contribution in [3.05, 3.63) is 29.8 Å². The van der Waals surface area contributed by atoms with Gasteiger partial charge >= 0.3 is 0 Å². The fraction of sp³-hybridized carbons (Fsp3) is 0.650. The van der Waals surface area contributed by atoms with E-state index < -0.39 is 0 Å². The first-order valence-electron chi connectivity index (χ1n) is 9.30. The van der Waals surface area contributed by atoms with Crippen LogP contribution in [0.3, 0.4) is 0 Å². The summed E-state index contributed by atoms with van der Waals surface area (Å²) in [7, 11) is 1.68. The van der Waals surface area contributed by atoms with Crippen molar-refractivity contribution in [2.45, 2.75) is 51.6 Å². The second kappa shape index (κ2) is 8.02. The van der Waals surface area contributed by atoms with E-state index in [0.29, 0.717) is 24.9 Å². The van der Waals surface area contributed by atoms with E-state index >= 15 is 0 Å². The third kappa shape index (κ3) is 4.29. The molecule has 2 fully saturated rings. The Balaban J connectivity index is 1.59. The Hall–Kier alpha value is -1.55. The van der Waals surface area contributed by atoms with Crippen LogP contribution in [0.2, 0.25) is 0 Å². The summed E-state index contributed by atoms with van der Waals surface area (Å²) < 4.78 is 5.29. The number of hydrogen-bond donors (Lipinski definition) is 0. The molecule has 0 aromatic heterocycles. The van der Waals surface area contributed by atoms with Gasteiger partial charge in [-0.25, -0.2) is 0 Å². The first kappa shape index (κ1) is 17.3. The number of piperidine rings is 1. The zero-order valence-corrected chi connectivity index (χ0v) is 15.0. The molecule has 0 aliphatic carbocycles. The fourth-order valence-electron chi connectivity index (χ4n) is 3.94. The average molecular weight is 330 g/mol. The van der Waals surface area contributed by atoms with Gasteiger partial charge in [-0.2, -0.15) is 0 Å². The molecule has 132 valence electrons. The Morgan fingerprint density at radius 1 is 1.12 bits per heavy atom. The van der Waals surface area contributed by atoms with E-state index in [-0.39, 0.29) is 0 Å². The molecule has 1 atom stereocenters. The second-order valence-corrected chi connectivity index (χ2v) is 7.37. The molecule has 24 heavy (non-hydrogen) atoms. The molecule has 4 heteroatoms. The Morgan fingerprint density at radius 3 is 2.67 bits per heavy atom. The summed E-state index contributed by atoms with van der Waals surface area (Å²) in [5.41, 5.74) is 1.15. The molecule has 1 unspecified atom stereocenters. The van der Waals surface area contributed by atoms with Gasteiger partial charge in [0.2, 0.25) is 5.91 Å². The maximum absolute atomic E-state index is 12.5. The van der Waals surface area contributed by atoms with Crippen LogP contribution in [-0.2, 0) is 11.3 Å². The molecular formula is C20H30N2O2. The van der Waals surface area contributed by atoms with E-state index in [1.54, 1.807) is 7.11 Å². The van der Waals surface area contributed by atoms with Gasteiger partial charge in [-0.3, -0.25) is 4.79 Å². The molecule has 0 bridgehead atoms. The normalized spacial score (nSPS) is 24.0. The maximum atomic E-state index is 12.5. The minimum absolute atomic E-state index is 0.297. The van der Waals surface area contributed by atoms with Gasteiger partial charge in [0.1, 0.15) is 5.75 Å². The summed E-state index contributed by atoms with van der Waals surface area (Å²) in [6.45, 7) is 6.32. The van der Waals surface area contributed by atoms with Gasteiger partial charge in [0.15, 0.2) is 0 Å². The lowest BCUT2D eigenvalue weighted by Gasteiger charge is -2.36. The highest BCUT2D eigenvalue weighted by atomic mass is 16.5. The quantitative estimate of drug-likeness (QED) is 0.849. The molecular weight excluding hydrogens is 300 g/mol. The molecule has 1 amide bonds. The molecule has 3 rings (SSSR count). The Morgan fingerprint density at radius 2 is 1.92 bits per heavy atom. The van der Waals surface area contributed by atoms with E-state index in [1.165, 1.54) is 25.9 Å². The van der Waals surface area contributed by atoms with Gasteiger partial charge in [-0.05, 0) is 62.4 Å². The number of hydrogen-bond acceptors (Lipinski definition) is 3. The topological polar surface area (TPSA) is 32.8 Å². The highest BCUT2D eigenvalue weighted by Crippen LogP contribution is 2.25. The minimum atomic E-state index is 0.297. The van der Waals surface area contributed by atoms with Gasteiger partial charge in [0, 0.05) is 25.6 Å². The first-order chi connectivity index (χ1) is 11.7. The number of nitrogens with zero attached hydrogens (tertiary/aromatic N) is 2. The number of carbonyl (C=O) groups is 1. The van der Waals surface area contributed by atoms with Gasteiger partial charge in [0.25, 0.3) is 0 Å². The van der Waals surface area contributed by atoms with Crippen molar-refractivity contribution in [3.63, 3.8) is 0 Å². The van der Waals surface area contributed by atoms with E-state index in [2.05, 4.69) is 17.9 Å². The Kier molecular flexibility index (Phi) is 5.77. The lowest BCUT2D eigenvalue weighted by atomic mass is 9.96. The monoisotopic (exact) mass is 330 g/mol. The second-order valence-electron chi connectivity index (χ2n) is 7.37. The number of likely N-dealkylation sites (tertiary alicyclic amines) is 2. The van der Waals surface area contributed by atoms with Crippen molar-refractivity contribution in [2.24, 2.45) is 5.92 Å². The molecule has 1 aromatic rings. The molecule has 0 spiro atoms. The number of rotatable bonds is 4. The smallest absolute Gasteiger partial charge is 0.222 e. The number of benzene rings is 1. The lowest BCUT2D eigenvalue weighted by Crippen LogP contribution is -2.41. The van der Waals surface area contributed by atoms with Crippen LogP contribution in [0.25, 0.3) is 0 Å². The molecule has 2 aliphatic heterocycles. The Labute approximate surface area is 145 Å². The number of methoxy groups -OCH3 is 1. The molecule has 0 N–H and O–H groups in total. The summed E-state index contributed by atoms with van der Waals surface area (Å²) >= 11 is 0. The predicted octanol–water partition coefficient (Wildman–Crippen LogP) is 3.31. The summed E-state index contributed by atoms with van der Waals surface area (Å²) in [5.74, 6) is 2.01. The highest BCUT2D eigenvalue weighted by Gasteiger charge is 2.28. The van der Waals surface area contributed by atoms with Crippen molar-refractivity contribution in [1.29, 1.82) is 0 Å². The molecule has 2 aliphatic rings. The van der Waals surface area contributed by atoms with E-state index in [9.17, 15) is 4.79 Å². The summed E-state index contributed by atoms with van der Waals surface area (Å²) in [6.07, 6.45) is 5.41. The fourth-order valence-corrected chi connectivity index (χ4v) is 3.94. The van der Waals surface area contributed by atoms with Gasteiger partial charge in [0.05, 0.1) is 7.11 Å². The minimum Gasteiger partial charge on any atom is -0.497 e. The third-order valence-electron chi connectivity index (χ3n) is 5.62. The third-order valence-corrected chi connectivity index (χ3v) is 5.62. The van der Waals surface area contributed by atoms with Crippen LogP contribution in [-0.4, -0.2) is 48.5 Å². The van der Waals surface area contributed by atoms with Gasteiger partial charge in [-0.15, -0.1) is 0 Å². The predicted molar refractivity (Wildman–Crippen MR) is 96.0 cm³/mol. The van der Waals surface area contributed by atoms with Crippen LogP contribution in [0.4, 0.5) is 0 Å². The highest BCUT2D eigenvalue weighted by molar-refractivity contribution is 5.76. The van der Waals surface area contributed by atoms with Crippen LogP contribution in [0.5, 0.6) is 5.75 Å². The summed E-state index contributed by atoms with van der Waals surface area (Å²) in [5, 5.41) is 0. The zero-order valence-electron chi connectivity index (χ0n) is 15.0. The molecule has 4 nitrogen and oxygen atoms in total. The van der Waals surface area contributed by atoms with Crippen molar-refractivity contribution in [1.82, 2.24) is 9.80 Å². The number of amides is 1. The molecule has 0 radical (unpaired) electrons. The van der Waals surface area contributed by atoms with Crippen molar-refractivity contribution in [2.75, 3.05) is 26.7 Å². The molecule has 0 saturated carbocycles. The first-order valence-corrected chi connectivity index (χ1v) is 9.30. The van der Waals surface area contributed by atoms with Gasteiger partial charge in [-0.1, -0.05) is 19.1 Å². The SMILES string of the molecule is COc1cccc(CN2CCC(N3CCC(C)CC3)CCC2=O)c1. The van der Waals surface area contributed by atoms with Crippen LogP contribution < -0.4 is 4.74 Å². The largest absolute Gasteiger partial charge is 0.497 e. The molecule has 1 aromatic carbocycles. The summed E-state index contributed by atoms with van der Waals surface area (Å²) in [4.78, 5) is 17.2. The maximum Gasteiger partial charge on any atom is 0.222 e. The molecule has 2 saturated heterocycles. The number of carbonyl (C=O) groups excluding carboxylic acids is 1. The van der Waals surface area contributed by atoms with Crippen LogP contribution in [0.15, 0.2) is 24.3 Å². The molecule has 2 heterocycles. The van der Waals surface area contributed by atoms with Crippen LogP contribution in [0, 0.1) is 5.92 Å². The van der Waals surface area contributed by atoms with E-state index in [0.717, 1.165) is 36.6 Å². The standard InChI is InChI=1S/C20H30N2O2/c1-16-8-11-21(12-9-16)18-6-7-20(23)22(13-10-18)15-17-4-3-5-19(14-17)24-2/h3-5,14,16,18H,6-13,15H2,1-2H3. The van der Waals surface area contributed by atoms with Gasteiger partial charge < -0.3 is 14.5 Å². The lowest BCUT2D eigenvalue weighted by molar-refractivity contribution is -0.131. The average Bonchev–Trinajstić information content (AvgIpc) is 2.78.